The minimum absolute atomic E-state index is 0.0297. The fourth-order valence-electron chi connectivity index (χ4n) is 2.53. The summed E-state index contributed by atoms with van der Waals surface area (Å²) < 4.78 is 19.9. The number of thiazole rings is 1. The van der Waals surface area contributed by atoms with Crippen LogP contribution in [-0.2, 0) is 12.1 Å². The second-order valence-electron chi connectivity index (χ2n) is 6.78. The van der Waals surface area contributed by atoms with E-state index in [9.17, 15) is 14.3 Å². The molecule has 1 heterocycles. The van der Waals surface area contributed by atoms with Gasteiger partial charge in [0.15, 0.2) is 4.88 Å². The number of rotatable bonds is 6. The number of carbonyl (C=O) groups excluding carboxylic acids is 1. The topological polar surface area (TPSA) is 95.2 Å². The molecule has 3 rings (SSSR count). The number of aromatic nitrogens is 1. The highest BCUT2D eigenvalue weighted by Crippen LogP contribution is 2.27. The largest absolute Gasteiger partial charge is 0.437 e. The minimum Gasteiger partial charge on any atom is -0.437 e. The Balaban J connectivity index is 1.70. The van der Waals surface area contributed by atoms with Crippen LogP contribution in [0.3, 0.4) is 0 Å². The van der Waals surface area contributed by atoms with Crippen LogP contribution in [0.1, 0.15) is 40.2 Å². The van der Waals surface area contributed by atoms with Crippen molar-refractivity contribution in [2.75, 3.05) is 0 Å². The summed E-state index contributed by atoms with van der Waals surface area (Å²) in [6, 6.07) is 12.9. The van der Waals surface area contributed by atoms with Crippen molar-refractivity contribution < 1.29 is 19.0 Å². The SMILES string of the molecule is CC(C)(O)c1ccc(CNC(=O)c2scnc2Oc2cccc(C#N)c2)c(F)c1. The molecule has 6 nitrogen and oxygen atoms in total. The van der Waals surface area contributed by atoms with Crippen LogP contribution in [0.15, 0.2) is 48.0 Å². The first kappa shape index (κ1) is 20.5. The first-order valence-corrected chi connectivity index (χ1v) is 9.57. The average molecular weight is 411 g/mol. The van der Waals surface area contributed by atoms with Crippen LogP contribution in [0, 0.1) is 17.1 Å². The van der Waals surface area contributed by atoms with E-state index in [0.29, 0.717) is 22.4 Å². The third-order valence-corrected chi connectivity index (χ3v) is 4.92. The Kier molecular flexibility index (Phi) is 5.92. The van der Waals surface area contributed by atoms with Gasteiger partial charge in [-0.25, -0.2) is 9.37 Å². The molecule has 0 aliphatic heterocycles. The van der Waals surface area contributed by atoms with Gasteiger partial charge in [-0.1, -0.05) is 18.2 Å². The maximum Gasteiger partial charge on any atom is 0.267 e. The van der Waals surface area contributed by atoms with Crippen LogP contribution in [0.25, 0.3) is 0 Å². The zero-order valence-corrected chi connectivity index (χ0v) is 16.6. The van der Waals surface area contributed by atoms with Gasteiger partial charge in [0.1, 0.15) is 11.6 Å². The maximum absolute atomic E-state index is 14.3. The van der Waals surface area contributed by atoms with Crippen LogP contribution >= 0.6 is 11.3 Å². The fraction of sp³-hybridized carbons (Fsp3) is 0.190. The van der Waals surface area contributed by atoms with Gasteiger partial charge in [0.2, 0.25) is 5.88 Å². The third-order valence-electron chi connectivity index (χ3n) is 4.12. The second kappa shape index (κ2) is 8.39. The van der Waals surface area contributed by atoms with Crippen LogP contribution in [0.5, 0.6) is 11.6 Å². The number of nitrogens with zero attached hydrogens (tertiary/aromatic N) is 2. The van der Waals surface area contributed by atoms with Crippen molar-refractivity contribution in [1.29, 1.82) is 5.26 Å². The molecule has 0 saturated carbocycles. The minimum atomic E-state index is -1.15. The van der Waals surface area contributed by atoms with E-state index in [2.05, 4.69) is 10.3 Å². The van der Waals surface area contributed by atoms with E-state index >= 15 is 0 Å². The molecule has 0 aliphatic carbocycles. The van der Waals surface area contributed by atoms with Crippen molar-refractivity contribution in [3.63, 3.8) is 0 Å². The Hall–Kier alpha value is -3.28. The lowest BCUT2D eigenvalue weighted by molar-refractivity contribution is 0.0781. The van der Waals surface area contributed by atoms with Gasteiger partial charge in [-0.3, -0.25) is 4.79 Å². The molecule has 0 aliphatic rings. The first-order chi connectivity index (χ1) is 13.8. The standard InChI is InChI=1S/C21H18FN3O3S/c1-21(2,27)15-7-6-14(17(22)9-15)11-24-19(26)18-20(25-12-29-18)28-16-5-3-4-13(8-16)10-23/h3-9,12,27H,11H2,1-2H3,(H,24,26). The predicted molar refractivity (Wildman–Crippen MR) is 106 cm³/mol. The summed E-state index contributed by atoms with van der Waals surface area (Å²) in [7, 11) is 0. The normalized spacial score (nSPS) is 11.0. The molecule has 1 amide bonds. The lowest BCUT2D eigenvalue weighted by atomic mass is 9.97. The molecule has 0 fully saturated rings. The van der Waals surface area contributed by atoms with Crippen LogP contribution in [-0.4, -0.2) is 16.0 Å². The molecular formula is C21H18FN3O3S. The van der Waals surface area contributed by atoms with Gasteiger partial charge in [0.25, 0.3) is 5.91 Å². The van der Waals surface area contributed by atoms with Gasteiger partial charge in [-0.2, -0.15) is 5.26 Å². The average Bonchev–Trinajstić information content (AvgIpc) is 3.14. The van der Waals surface area contributed by atoms with E-state index in [-0.39, 0.29) is 17.3 Å². The van der Waals surface area contributed by atoms with Gasteiger partial charge in [0.05, 0.1) is 22.7 Å². The Bertz CT molecular complexity index is 1080. The number of carbonyl (C=O) groups is 1. The number of hydrogen-bond acceptors (Lipinski definition) is 6. The molecule has 0 bridgehead atoms. The van der Waals surface area contributed by atoms with E-state index in [1.54, 1.807) is 44.2 Å². The molecule has 0 atom stereocenters. The third kappa shape index (κ3) is 4.96. The highest BCUT2D eigenvalue weighted by molar-refractivity contribution is 7.12. The van der Waals surface area contributed by atoms with Crippen LogP contribution in [0.4, 0.5) is 4.39 Å². The molecular weight excluding hydrogens is 393 g/mol. The number of aliphatic hydroxyl groups is 1. The van der Waals surface area contributed by atoms with E-state index < -0.39 is 17.3 Å². The van der Waals surface area contributed by atoms with Gasteiger partial charge in [-0.15, -0.1) is 11.3 Å². The van der Waals surface area contributed by atoms with E-state index in [0.717, 1.165) is 11.3 Å². The molecule has 148 valence electrons. The van der Waals surface area contributed by atoms with Crippen molar-refractivity contribution in [2.24, 2.45) is 0 Å². The summed E-state index contributed by atoms with van der Waals surface area (Å²) in [4.78, 5) is 16.8. The van der Waals surface area contributed by atoms with Crippen molar-refractivity contribution in [3.05, 3.63) is 75.4 Å². The fourth-order valence-corrected chi connectivity index (χ4v) is 3.16. The molecule has 2 aromatic carbocycles. The summed E-state index contributed by atoms with van der Waals surface area (Å²) >= 11 is 1.09. The highest BCUT2D eigenvalue weighted by Gasteiger charge is 2.20. The molecule has 1 aromatic heterocycles. The summed E-state index contributed by atoms with van der Waals surface area (Å²) in [5.41, 5.74) is 1.48. The zero-order chi connectivity index (χ0) is 21.0. The van der Waals surface area contributed by atoms with E-state index in [1.165, 1.54) is 17.6 Å². The van der Waals surface area contributed by atoms with E-state index in [1.807, 2.05) is 6.07 Å². The van der Waals surface area contributed by atoms with Crippen LogP contribution in [0.2, 0.25) is 0 Å². The van der Waals surface area contributed by atoms with Gasteiger partial charge < -0.3 is 15.2 Å². The predicted octanol–water partition coefficient (Wildman–Crippen LogP) is 4.10. The highest BCUT2D eigenvalue weighted by atomic mass is 32.1. The Morgan fingerprint density at radius 3 is 2.83 bits per heavy atom. The molecule has 3 aromatic rings. The second-order valence-corrected chi connectivity index (χ2v) is 7.63. The molecule has 2 N–H and O–H groups in total. The lowest BCUT2D eigenvalue weighted by Gasteiger charge is -2.18. The summed E-state index contributed by atoms with van der Waals surface area (Å²) in [5, 5.41) is 21.6. The molecule has 0 unspecified atom stereocenters. The summed E-state index contributed by atoms with van der Waals surface area (Å²) in [5.74, 6) is -0.471. The number of benzene rings is 2. The van der Waals surface area contributed by atoms with Crippen molar-refractivity contribution in [1.82, 2.24) is 10.3 Å². The first-order valence-electron chi connectivity index (χ1n) is 8.69. The number of nitrogens with one attached hydrogen (secondary N) is 1. The molecule has 29 heavy (non-hydrogen) atoms. The molecule has 0 saturated heterocycles. The van der Waals surface area contributed by atoms with Crippen molar-refractivity contribution >= 4 is 17.2 Å². The number of hydrogen-bond donors (Lipinski definition) is 2. The smallest absolute Gasteiger partial charge is 0.267 e. The van der Waals surface area contributed by atoms with Crippen LogP contribution < -0.4 is 10.1 Å². The number of amides is 1. The summed E-state index contributed by atoms with van der Waals surface area (Å²) in [6.45, 7) is 3.11. The number of ether oxygens (including phenoxy) is 1. The van der Waals surface area contributed by atoms with Gasteiger partial charge in [0, 0.05) is 12.1 Å². The van der Waals surface area contributed by atoms with Gasteiger partial charge in [-0.05, 0) is 43.7 Å². The maximum atomic E-state index is 14.3. The van der Waals surface area contributed by atoms with Crippen molar-refractivity contribution in [2.45, 2.75) is 26.0 Å². The van der Waals surface area contributed by atoms with Gasteiger partial charge >= 0.3 is 0 Å². The lowest BCUT2D eigenvalue weighted by Crippen LogP contribution is -2.23. The Labute approximate surface area is 171 Å². The number of halogens is 1. The molecule has 0 spiro atoms. The molecule has 8 heteroatoms. The van der Waals surface area contributed by atoms with Crippen molar-refractivity contribution in [3.8, 4) is 17.7 Å². The number of nitriles is 1. The quantitative estimate of drug-likeness (QED) is 0.637. The summed E-state index contributed by atoms with van der Waals surface area (Å²) in [6.07, 6.45) is 0. The Morgan fingerprint density at radius 1 is 1.34 bits per heavy atom. The zero-order valence-electron chi connectivity index (χ0n) is 15.8. The Morgan fingerprint density at radius 2 is 2.14 bits per heavy atom. The van der Waals surface area contributed by atoms with E-state index in [4.69, 9.17) is 10.00 Å². The monoisotopic (exact) mass is 411 g/mol. The molecule has 0 radical (unpaired) electrons.